The second kappa shape index (κ2) is 10.7. The fourth-order valence-electron chi connectivity index (χ4n) is 3.36. The van der Waals surface area contributed by atoms with Crippen LogP contribution < -0.4 is 15.0 Å². The Morgan fingerprint density at radius 3 is 2.66 bits per heavy atom. The molecule has 1 unspecified atom stereocenters. The summed E-state index contributed by atoms with van der Waals surface area (Å²) in [5, 5.41) is 30.3. The van der Waals surface area contributed by atoms with Crippen molar-refractivity contribution in [3.05, 3.63) is 78.4 Å². The molecule has 4 rings (SSSR count). The average molecular weight is 491 g/mol. The standard InChI is InChI=1S/C25H22N4O5S/c1-34-21-12-16(10-11-20(21)31)15-26-28-25-29(18-8-5-9-19(30)13-18)24(33)22(35-25)14-23(32)27-17-6-3-2-4-7-17/h2-13,15,22,30-31H,14H2,1H3,(H,27,32)/b26-15+,28-25?. The van der Waals surface area contributed by atoms with E-state index in [0.717, 1.165) is 11.8 Å². The predicted octanol–water partition coefficient (Wildman–Crippen LogP) is 3.97. The third kappa shape index (κ3) is 5.79. The maximum absolute atomic E-state index is 13.2. The Morgan fingerprint density at radius 2 is 1.91 bits per heavy atom. The first-order valence-corrected chi connectivity index (χ1v) is 11.4. The minimum atomic E-state index is -0.719. The molecule has 1 aliphatic rings. The normalized spacial score (nSPS) is 16.7. The number of benzene rings is 3. The van der Waals surface area contributed by atoms with Crippen LogP contribution in [0.2, 0.25) is 0 Å². The number of phenolic OH excluding ortho intramolecular Hbond substituents is 2. The zero-order chi connectivity index (χ0) is 24.8. The molecule has 0 aliphatic carbocycles. The second-order valence-electron chi connectivity index (χ2n) is 7.48. The number of phenols is 2. The molecule has 0 aromatic heterocycles. The maximum Gasteiger partial charge on any atom is 0.247 e. The lowest BCUT2D eigenvalue weighted by atomic mass is 10.2. The van der Waals surface area contributed by atoms with Gasteiger partial charge in [0.25, 0.3) is 0 Å². The van der Waals surface area contributed by atoms with E-state index in [0.29, 0.717) is 16.9 Å². The second-order valence-corrected chi connectivity index (χ2v) is 8.65. The molecule has 1 saturated heterocycles. The predicted molar refractivity (Wildman–Crippen MR) is 136 cm³/mol. The molecule has 10 heteroatoms. The number of amidine groups is 1. The Hall–Kier alpha value is -4.31. The highest BCUT2D eigenvalue weighted by atomic mass is 32.2. The molecule has 2 amide bonds. The van der Waals surface area contributed by atoms with Crippen molar-refractivity contribution in [2.75, 3.05) is 17.3 Å². The summed E-state index contributed by atoms with van der Waals surface area (Å²) in [6.45, 7) is 0. The van der Waals surface area contributed by atoms with Crippen molar-refractivity contribution in [2.45, 2.75) is 11.7 Å². The van der Waals surface area contributed by atoms with Crippen molar-refractivity contribution in [1.29, 1.82) is 0 Å². The molecule has 0 saturated carbocycles. The van der Waals surface area contributed by atoms with Gasteiger partial charge in [-0.15, -0.1) is 5.10 Å². The summed E-state index contributed by atoms with van der Waals surface area (Å²) < 4.78 is 5.09. The van der Waals surface area contributed by atoms with Gasteiger partial charge in [0, 0.05) is 18.2 Å². The van der Waals surface area contributed by atoms with Gasteiger partial charge in [0.15, 0.2) is 16.7 Å². The molecular weight excluding hydrogens is 468 g/mol. The molecule has 178 valence electrons. The van der Waals surface area contributed by atoms with Crippen LogP contribution >= 0.6 is 11.8 Å². The number of hydrogen-bond acceptors (Lipinski definition) is 8. The number of nitrogens with one attached hydrogen (secondary N) is 1. The Bertz CT molecular complexity index is 1300. The van der Waals surface area contributed by atoms with E-state index in [-0.39, 0.29) is 40.7 Å². The van der Waals surface area contributed by atoms with Crippen LogP contribution in [0.3, 0.4) is 0 Å². The first kappa shape index (κ1) is 23.8. The molecule has 1 heterocycles. The van der Waals surface area contributed by atoms with Gasteiger partial charge in [0.1, 0.15) is 11.0 Å². The number of carbonyl (C=O) groups is 2. The quantitative estimate of drug-likeness (QED) is 0.340. The number of rotatable bonds is 7. The van der Waals surface area contributed by atoms with Gasteiger partial charge in [-0.1, -0.05) is 36.0 Å². The van der Waals surface area contributed by atoms with E-state index in [1.807, 2.05) is 6.07 Å². The zero-order valence-electron chi connectivity index (χ0n) is 18.7. The molecule has 1 aliphatic heterocycles. The minimum absolute atomic E-state index is 0.000379. The number of ether oxygens (including phenoxy) is 1. The van der Waals surface area contributed by atoms with Gasteiger partial charge < -0.3 is 20.3 Å². The molecule has 3 N–H and O–H groups in total. The van der Waals surface area contributed by atoms with E-state index >= 15 is 0 Å². The fraction of sp³-hybridized carbons (Fsp3) is 0.120. The highest BCUT2D eigenvalue weighted by molar-refractivity contribution is 8.16. The Balaban J connectivity index is 1.57. The summed E-state index contributed by atoms with van der Waals surface area (Å²) in [4.78, 5) is 27.1. The van der Waals surface area contributed by atoms with Gasteiger partial charge in [-0.05, 0) is 48.0 Å². The average Bonchev–Trinajstić information content (AvgIpc) is 3.15. The lowest BCUT2D eigenvalue weighted by Crippen LogP contribution is -2.33. The number of carbonyl (C=O) groups excluding carboxylic acids is 2. The number of nitrogens with zero attached hydrogens (tertiary/aromatic N) is 3. The van der Waals surface area contributed by atoms with Crippen molar-refractivity contribution in [3.63, 3.8) is 0 Å². The highest BCUT2D eigenvalue weighted by Crippen LogP contribution is 2.35. The molecule has 0 bridgehead atoms. The molecule has 1 atom stereocenters. The van der Waals surface area contributed by atoms with E-state index < -0.39 is 5.25 Å². The summed E-state index contributed by atoms with van der Waals surface area (Å²) in [5.74, 6) is -0.370. The van der Waals surface area contributed by atoms with Gasteiger partial charge in [0.05, 0.1) is 19.0 Å². The third-order valence-electron chi connectivity index (χ3n) is 5.00. The van der Waals surface area contributed by atoms with Crippen LogP contribution in [0, 0.1) is 0 Å². The van der Waals surface area contributed by atoms with Crippen LogP contribution in [0.15, 0.2) is 83.0 Å². The summed E-state index contributed by atoms with van der Waals surface area (Å²) in [7, 11) is 1.44. The monoisotopic (exact) mass is 490 g/mol. The lowest BCUT2D eigenvalue weighted by molar-refractivity contribution is -0.121. The van der Waals surface area contributed by atoms with Crippen molar-refractivity contribution in [3.8, 4) is 17.2 Å². The Labute approximate surface area is 205 Å². The topological polar surface area (TPSA) is 124 Å². The van der Waals surface area contributed by atoms with Crippen LogP contribution in [0.4, 0.5) is 11.4 Å². The summed E-state index contributed by atoms with van der Waals surface area (Å²) in [5.41, 5.74) is 1.68. The van der Waals surface area contributed by atoms with Crippen LogP contribution in [0.5, 0.6) is 17.2 Å². The zero-order valence-corrected chi connectivity index (χ0v) is 19.5. The number of hydrogen-bond donors (Lipinski definition) is 3. The van der Waals surface area contributed by atoms with Crippen LogP contribution in [0.25, 0.3) is 0 Å². The number of anilines is 2. The third-order valence-corrected chi connectivity index (χ3v) is 6.13. The number of para-hydroxylation sites is 1. The van der Waals surface area contributed by atoms with E-state index in [2.05, 4.69) is 15.5 Å². The van der Waals surface area contributed by atoms with Gasteiger partial charge >= 0.3 is 0 Å². The molecule has 1 fully saturated rings. The van der Waals surface area contributed by atoms with E-state index in [1.54, 1.807) is 48.5 Å². The summed E-state index contributed by atoms with van der Waals surface area (Å²) in [6.07, 6.45) is 1.39. The van der Waals surface area contributed by atoms with Gasteiger partial charge in [0.2, 0.25) is 11.8 Å². The van der Waals surface area contributed by atoms with Crippen LogP contribution in [0.1, 0.15) is 12.0 Å². The van der Waals surface area contributed by atoms with E-state index in [9.17, 15) is 19.8 Å². The van der Waals surface area contributed by atoms with Crippen molar-refractivity contribution in [1.82, 2.24) is 0 Å². The van der Waals surface area contributed by atoms with Gasteiger partial charge in [-0.3, -0.25) is 14.5 Å². The molecule has 9 nitrogen and oxygen atoms in total. The highest BCUT2D eigenvalue weighted by Gasteiger charge is 2.40. The number of amides is 2. The first-order chi connectivity index (χ1) is 16.9. The number of aromatic hydroxyl groups is 2. The largest absolute Gasteiger partial charge is 0.508 e. The Morgan fingerprint density at radius 1 is 1.11 bits per heavy atom. The maximum atomic E-state index is 13.2. The molecule has 35 heavy (non-hydrogen) atoms. The lowest BCUT2D eigenvalue weighted by Gasteiger charge is -2.16. The van der Waals surface area contributed by atoms with Gasteiger partial charge in [-0.25, -0.2) is 0 Å². The summed E-state index contributed by atoms with van der Waals surface area (Å²) >= 11 is 1.12. The van der Waals surface area contributed by atoms with E-state index in [1.165, 1.54) is 36.4 Å². The summed E-state index contributed by atoms with van der Waals surface area (Å²) in [6, 6.07) is 19.9. The molecule has 3 aromatic carbocycles. The van der Waals surface area contributed by atoms with Crippen molar-refractivity contribution < 1.29 is 24.5 Å². The fourth-order valence-corrected chi connectivity index (χ4v) is 4.45. The molecule has 3 aromatic rings. The van der Waals surface area contributed by atoms with E-state index in [4.69, 9.17) is 4.74 Å². The Kier molecular flexibility index (Phi) is 7.32. The van der Waals surface area contributed by atoms with Crippen LogP contribution in [-0.2, 0) is 9.59 Å². The van der Waals surface area contributed by atoms with Gasteiger partial charge in [-0.2, -0.15) is 5.10 Å². The number of thioether (sulfide) groups is 1. The first-order valence-electron chi connectivity index (χ1n) is 10.6. The molecular formula is C25H22N4O5S. The van der Waals surface area contributed by atoms with Crippen molar-refractivity contribution >= 4 is 46.3 Å². The number of methoxy groups -OCH3 is 1. The molecule has 0 spiro atoms. The molecule has 0 radical (unpaired) electrons. The minimum Gasteiger partial charge on any atom is -0.508 e. The SMILES string of the molecule is COc1cc(/C=N/N=C2SC(CC(=O)Nc3ccccc3)C(=O)N2c2cccc(O)c2)ccc1O. The van der Waals surface area contributed by atoms with Crippen molar-refractivity contribution in [2.24, 2.45) is 10.2 Å². The van der Waals surface area contributed by atoms with Crippen LogP contribution in [-0.4, -0.2) is 45.8 Å². The smallest absolute Gasteiger partial charge is 0.247 e.